The number of hydrogen-bond donors (Lipinski definition) is 1. The molecule has 2 fully saturated rings. The first-order chi connectivity index (χ1) is 12.0. The molecule has 0 saturated carbocycles. The number of hydrogen-bond acceptors (Lipinski definition) is 2. The molecule has 2 aliphatic heterocycles. The van der Waals surface area contributed by atoms with E-state index in [0.717, 1.165) is 31.4 Å². The Morgan fingerprint density at radius 2 is 1.84 bits per heavy atom. The van der Waals surface area contributed by atoms with E-state index in [9.17, 15) is 13.6 Å². The van der Waals surface area contributed by atoms with Gasteiger partial charge >= 0.3 is 0 Å². The van der Waals surface area contributed by atoms with Gasteiger partial charge in [0.2, 0.25) is 5.91 Å². The molecular weight excluding hydrogens is 322 g/mol. The number of carbonyl (C=O) groups is 1. The Morgan fingerprint density at radius 1 is 1.12 bits per heavy atom. The summed E-state index contributed by atoms with van der Waals surface area (Å²) in [6.45, 7) is 0.763. The standard InChI is InChI=1S/C20H20F2N2O/c1-24-11-10-20(19(24)25)9-8-17(23-20)13-4-2-5-14(12-13)18-15(21)6-3-7-16(18)22/h2-7,12,17,23H,8-11H2,1H3/t17-,20-/m1/s1. The Balaban J connectivity index is 1.64. The van der Waals surface area contributed by atoms with E-state index in [0.29, 0.717) is 5.56 Å². The predicted octanol–water partition coefficient (Wildman–Crippen LogP) is 3.66. The lowest BCUT2D eigenvalue weighted by atomic mass is 9.95. The van der Waals surface area contributed by atoms with Crippen LogP contribution in [0.15, 0.2) is 42.5 Å². The van der Waals surface area contributed by atoms with E-state index in [1.165, 1.54) is 18.2 Å². The zero-order chi connectivity index (χ0) is 17.6. The molecule has 1 N–H and O–H groups in total. The lowest BCUT2D eigenvalue weighted by Crippen LogP contribution is -2.47. The molecule has 3 nitrogen and oxygen atoms in total. The van der Waals surface area contributed by atoms with Crippen LogP contribution in [0.1, 0.15) is 30.9 Å². The maximum absolute atomic E-state index is 14.1. The number of carbonyl (C=O) groups excluding carboxylic acids is 1. The SMILES string of the molecule is CN1CC[C@]2(CC[C@H](c3cccc(-c4c(F)cccc4F)c3)N2)C1=O. The maximum Gasteiger partial charge on any atom is 0.242 e. The van der Waals surface area contributed by atoms with Gasteiger partial charge < -0.3 is 4.90 Å². The molecule has 2 atom stereocenters. The molecule has 1 spiro atoms. The molecular formula is C20H20F2N2O. The first-order valence-electron chi connectivity index (χ1n) is 8.58. The average Bonchev–Trinajstić information content (AvgIpc) is 3.15. The van der Waals surface area contributed by atoms with Crippen LogP contribution >= 0.6 is 0 Å². The molecule has 0 aromatic heterocycles. The van der Waals surface area contributed by atoms with E-state index in [1.54, 1.807) is 11.0 Å². The zero-order valence-corrected chi connectivity index (χ0v) is 14.1. The molecule has 130 valence electrons. The molecule has 2 saturated heterocycles. The Bertz CT molecular complexity index is 818. The van der Waals surface area contributed by atoms with Gasteiger partial charge in [0, 0.05) is 19.6 Å². The second-order valence-electron chi connectivity index (χ2n) is 7.02. The highest BCUT2D eigenvalue weighted by atomic mass is 19.1. The fraction of sp³-hybridized carbons (Fsp3) is 0.350. The van der Waals surface area contributed by atoms with Crippen LogP contribution in [0.5, 0.6) is 0 Å². The van der Waals surface area contributed by atoms with Gasteiger partial charge in [0.15, 0.2) is 0 Å². The van der Waals surface area contributed by atoms with Crippen LogP contribution in [0.4, 0.5) is 8.78 Å². The number of nitrogens with one attached hydrogen (secondary N) is 1. The summed E-state index contributed by atoms with van der Waals surface area (Å²) in [6, 6.07) is 11.2. The van der Waals surface area contributed by atoms with Gasteiger partial charge in [-0.25, -0.2) is 8.78 Å². The summed E-state index contributed by atoms with van der Waals surface area (Å²) in [4.78, 5) is 14.2. The highest BCUT2D eigenvalue weighted by Crippen LogP contribution is 2.40. The number of benzene rings is 2. The van der Waals surface area contributed by atoms with Crippen molar-refractivity contribution in [1.29, 1.82) is 0 Å². The van der Waals surface area contributed by atoms with Crippen molar-refractivity contribution in [2.75, 3.05) is 13.6 Å². The first kappa shape index (κ1) is 16.2. The van der Waals surface area contributed by atoms with Gasteiger partial charge in [0.1, 0.15) is 17.2 Å². The van der Waals surface area contributed by atoms with Gasteiger partial charge in [-0.3, -0.25) is 10.1 Å². The van der Waals surface area contributed by atoms with Gasteiger partial charge in [-0.1, -0.05) is 24.3 Å². The van der Waals surface area contributed by atoms with Crippen molar-refractivity contribution in [1.82, 2.24) is 10.2 Å². The smallest absolute Gasteiger partial charge is 0.242 e. The third-order valence-corrected chi connectivity index (χ3v) is 5.48. The largest absolute Gasteiger partial charge is 0.344 e. The Labute approximate surface area is 145 Å². The summed E-state index contributed by atoms with van der Waals surface area (Å²) >= 11 is 0. The Morgan fingerprint density at radius 3 is 2.52 bits per heavy atom. The second kappa shape index (κ2) is 5.92. The van der Waals surface area contributed by atoms with Crippen LogP contribution in [0.2, 0.25) is 0 Å². The van der Waals surface area contributed by atoms with Gasteiger partial charge in [-0.15, -0.1) is 0 Å². The fourth-order valence-corrected chi connectivity index (χ4v) is 4.10. The number of likely N-dealkylation sites (N-methyl/N-ethyl adjacent to an activating group) is 1. The monoisotopic (exact) mass is 342 g/mol. The molecule has 4 rings (SSSR count). The van der Waals surface area contributed by atoms with Crippen LogP contribution in [-0.2, 0) is 4.79 Å². The minimum atomic E-state index is -0.569. The predicted molar refractivity (Wildman–Crippen MR) is 91.9 cm³/mol. The third kappa shape index (κ3) is 2.63. The third-order valence-electron chi connectivity index (χ3n) is 5.48. The minimum absolute atomic E-state index is 0.00580. The van der Waals surface area contributed by atoms with Crippen molar-refractivity contribution in [3.63, 3.8) is 0 Å². The molecule has 1 amide bonds. The second-order valence-corrected chi connectivity index (χ2v) is 7.02. The summed E-state index contributed by atoms with van der Waals surface area (Å²) in [6.07, 6.45) is 2.43. The van der Waals surface area contributed by atoms with Gasteiger partial charge in [-0.2, -0.15) is 0 Å². The van der Waals surface area contributed by atoms with Crippen molar-refractivity contribution in [2.24, 2.45) is 0 Å². The van der Waals surface area contributed by atoms with E-state index in [1.807, 2.05) is 25.2 Å². The van der Waals surface area contributed by atoms with E-state index < -0.39 is 17.2 Å². The van der Waals surface area contributed by atoms with E-state index >= 15 is 0 Å². The number of rotatable bonds is 2. The van der Waals surface area contributed by atoms with Gasteiger partial charge in [0.05, 0.1) is 5.56 Å². The Hall–Kier alpha value is -2.27. The van der Waals surface area contributed by atoms with Crippen LogP contribution in [0, 0.1) is 11.6 Å². The molecule has 0 radical (unpaired) electrons. The lowest BCUT2D eigenvalue weighted by Gasteiger charge is -2.23. The molecule has 5 heteroatoms. The van der Waals surface area contributed by atoms with Crippen LogP contribution in [0.25, 0.3) is 11.1 Å². The van der Waals surface area contributed by atoms with Crippen molar-refractivity contribution in [3.05, 3.63) is 59.7 Å². The van der Waals surface area contributed by atoms with E-state index in [2.05, 4.69) is 5.32 Å². The first-order valence-corrected chi connectivity index (χ1v) is 8.58. The molecule has 0 unspecified atom stereocenters. The topological polar surface area (TPSA) is 32.3 Å². The molecule has 0 aliphatic carbocycles. The van der Waals surface area contributed by atoms with Gasteiger partial charge in [0.25, 0.3) is 0 Å². The fourth-order valence-electron chi connectivity index (χ4n) is 4.10. The number of nitrogens with zero attached hydrogens (tertiary/aromatic N) is 1. The average molecular weight is 342 g/mol. The summed E-state index contributed by atoms with van der Waals surface area (Å²) in [5, 5.41) is 3.49. The van der Waals surface area contributed by atoms with E-state index in [-0.39, 0.29) is 17.5 Å². The molecule has 2 aromatic rings. The zero-order valence-electron chi connectivity index (χ0n) is 14.1. The number of likely N-dealkylation sites (tertiary alicyclic amines) is 1. The van der Waals surface area contributed by atoms with Crippen molar-refractivity contribution in [2.45, 2.75) is 30.8 Å². The highest BCUT2D eigenvalue weighted by Gasteiger charge is 2.49. The maximum atomic E-state index is 14.1. The summed E-state index contributed by atoms with van der Waals surface area (Å²) in [7, 11) is 1.83. The summed E-state index contributed by atoms with van der Waals surface area (Å²) < 4.78 is 28.1. The van der Waals surface area contributed by atoms with Crippen LogP contribution in [0.3, 0.4) is 0 Å². The molecule has 25 heavy (non-hydrogen) atoms. The molecule has 2 aliphatic rings. The number of amides is 1. The van der Waals surface area contributed by atoms with Crippen molar-refractivity contribution < 1.29 is 13.6 Å². The summed E-state index contributed by atoms with van der Waals surface area (Å²) in [5.74, 6) is -0.993. The molecule has 2 aromatic carbocycles. The van der Waals surface area contributed by atoms with Crippen LogP contribution in [-0.4, -0.2) is 29.9 Å². The normalized spacial score (nSPS) is 26.0. The van der Waals surface area contributed by atoms with Crippen molar-refractivity contribution >= 4 is 5.91 Å². The molecule has 2 heterocycles. The Kier molecular flexibility index (Phi) is 3.84. The van der Waals surface area contributed by atoms with Crippen LogP contribution < -0.4 is 5.32 Å². The highest BCUT2D eigenvalue weighted by molar-refractivity contribution is 5.88. The lowest BCUT2D eigenvalue weighted by molar-refractivity contribution is -0.131. The quantitative estimate of drug-likeness (QED) is 0.903. The van der Waals surface area contributed by atoms with Gasteiger partial charge in [-0.05, 0) is 48.6 Å². The minimum Gasteiger partial charge on any atom is -0.344 e. The molecule has 0 bridgehead atoms. The number of halogens is 2. The summed E-state index contributed by atoms with van der Waals surface area (Å²) in [5.41, 5.74) is 0.998. The van der Waals surface area contributed by atoms with E-state index in [4.69, 9.17) is 0 Å². The van der Waals surface area contributed by atoms with Crippen molar-refractivity contribution in [3.8, 4) is 11.1 Å².